The molecule has 0 unspecified atom stereocenters. The van der Waals surface area contributed by atoms with Gasteiger partial charge in [0, 0.05) is 59.1 Å². The van der Waals surface area contributed by atoms with Crippen molar-refractivity contribution < 1.29 is 33.8 Å². The largest absolute Gasteiger partial charge is 0.470 e. The third-order valence-corrected chi connectivity index (χ3v) is 4.01. The van der Waals surface area contributed by atoms with Crippen LogP contribution in [-0.2, 0) is 13.8 Å². The van der Waals surface area contributed by atoms with Crippen LogP contribution in [0, 0.1) is 0 Å². The molecule has 0 amide bonds. The van der Waals surface area contributed by atoms with Gasteiger partial charge in [0.15, 0.2) is 11.7 Å². The van der Waals surface area contributed by atoms with Crippen LogP contribution in [-0.4, -0.2) is 124 Å². The second-order valence-electron chi connectivity index (χ2n) is 5.06. The van der Waals surface area contributed by atoms with Gasteiger partial charge in [-0.2, -0.15) is 0 Å². The summed E-state index contributed by atoms with van der Waals surface area (Å²) in [6.07, 6.45) is -4.63. The molecule has 0 saturated carbocycles. The van der Waals surface area contributed by atoms with E-state index in [0.29, 0.717) is 0 Å². The van der Waals surface area contributed by atoms with E-state index in [0.717, 1.165) is 10.9 Å². The van der Waals surface area contributed by atoms with Gasteiger partial charge in [-0.1, -0.05) is 0 Å². The molecule has 1 saturated heterocycles. The number of ether oxygens (including phenoxy) is 1. The summed E-state index contributed by atoms with van der Waals surface area (Å²) >= 11 is 0. The normalized spacial score (nSPS) is 25.7. The Hall–Kier alpha value is 0.140. The zero-order valence-electron chi connectivity index (χ0n) is 13.8. The molecule has 6 N–H and O–H groups in total. The van der Waals surface area contributed by atoms with Crippen molar-refractivity contribution in [2.45, 2.75) is 24.5 Å². The van der Waals surface area contributed by atoms with Gasteiger partial charge >= 0.3 is 13.5 Å². The molecule has 4 atom stereocenters. The summed E-state index contributed by atoms with van der Waals surface area (Å²) in [6.45, 7) is -0.650. The first kappa shape index (κ1) is 24.2. The van der Waals surface area contributed by atoms with E-state index in [9.17, 15) is 24.4 Å². The quantitative estimate of drug-likeness (QED) is 0.216. The van der Waals surface area contributed by atoms with Crippen LogP contribution in [0.3, 0.4) is 0 Å². The Morgan fingerprint density at radius 1 is 1.31 bits per heavy atom. The summed E-state index contributed by atoms with van der Waals surface area (Å²) in [5.41, 5.74) is -1.87. The number of fused-ring (bicyclic) bond motifs is 1. The van der Waals surface area contributed by atoms with Crippen LogP contribution in [0.25, 0.3) is 11.2 Å². The summed E-state index contributed by atoms with van der Waals surface area (Å²) < 4.78 is 22.1. The molecule has 0 bridgehead atoms. The second-order valence-corrected chi connectivity index (χ2v) is 6.25. The number of hydrogen-bond donors (Lipinski definition) is 6. The summed E-state index contributed by atoms with van der Waals surface area (Å²) in [7, 11) is -5.00. The molecule has 26 heavy (non-hydrogen) atoms. The van der Waals surface area contributed by atoms with E-state index < -0.39 is 50.2 Å². The van der Waals surface area contributed by atoms with E-state index in [1.54, 1.807) is 0 Å². The molecule has 1 aliphatic rings. The first-order valence-electron chi connectivity index (χ1n) is 6.58. The van der Waals surface area contributed by atoms with Crippen LogP contribution in [0.1, 0.15) is 6.23 Å². The van der Waals surface area contributed by atoms with E-state index in [2.05, 4.69) is 14.5 Å². The molecule has 2 aromatic rings. The number of nitrogens with one attached hydrogen (secondary N) is 2. The Labute approximate surface area is 188 Å². The minimum atomic E-state index is -5.00. The van der Waals surface area contributed by atoms with Gasteiger partial charge in [0.2, 0.25) is 0 Å². The van der Waals surface area contributed by atoms with Crippen molar-refractivity contribution in [1.82, 2.24) is 19.5 Å². The van der Waals surface area contributed by atoms with Crippen LogP contribution in [0.15, 0.2) is 15.9 Å². The topological polar surface area (TPSA) is 200 Å². The van der Waals surface area contributed by atoms with Gasteiger partial charge in [0.25, 0.3) is 5.56 Å². The molecular weight excluding hydrogens is 397 g/mol. The molecule has 3 heterocycles. The summed E-state index contributed by atoms with van der Waals surface area (Å²) in [5.74, 6) is 0. The van der Waals surface area contributed by atoms with E-state index in [-0.39, 0.29) is 70.3 Å². The third kappa shape index (κ3) is 4.75. The van der Waals surface area contributed by atoms with Crippen molar-refractivity contribution >= 4 is 78.1 Å². The number of aliphatic hydroxyl groups excluding tert-OH is 2. The summed E-state index contributed by atoms with van der Waals surface area (Å²) in [5, 5.41) is 19.2. The zero-order chi connectivity index (χ0) is 17.6. The molecule has 134 valence electrons. The molecule has 16 heteroatoms. The Kier molecular flexibility index (Phi) is 8.46. The van der Waals surface area contributed by atoms with Gasteiger partial charge < -0.3 is 24.7 Å². The Morgan fingerprint density at radius 2 is 1.96 bits per heavy atom. The van der Waals surface area contributed by atoms with E-state index >= 15 is 0 Å². The van der Waals surface area contributed by atoms with Crippen LogP contribution in [0.4, 0.5) is 0 Å². The standard InChI is InChI=1S/C10H13N4O9P.2Na/c15-1-3-5(16)6(23-24(19,20)21)9(22-3)14-2-11-4-7(14)12-10(18)13-8(4)17;;/h2-3,5-6,9,15-16H,1H2,(H2,19,20,21)(H2,12,13,17,18);;/t3-,5-,6-,9-;;/m1../s1. The summed E-state index contributed by atoms with van der Waals surface area (Å²) in [6, 6.07) is 0. The van der Waals surface area contributed by atoms with Crippen molar-refractivity contribution in [1.29, 1.82) is 0 Å². The second kappa shape index (κ2) is 9.09. The number of phosphoric acid groups is 1. The van der Waals surface area contributed by atoms with E-state index in [1.807, 2.05) is 4.98 Å². The molecule has 0 aromatic carbocycles. The number of aliphatic hydroxyl groups is 2. The molecule has 13 nitrogen and oxygen atoms in total. The Balaban J connectivity index is 0.00000169. The maximum absolute atomic E-state index is 11.7. The number of H-pyrrole nitrogens is 2. The van der Waals surface area contributed by atoms with Crippen molar-refractivity contribution in [2.75, 3.05) is 6.61 Å². The molecule has 1 aliphatic heterocycles. The van der Waals surface area contributed by atoms with Crippen LogP contribution in [0.5, 0.6) is 0 Å². The maximum atomic E-state index is 11.7. The number of hydrogen-bond acceptors (Lipinski definition) is 8. The van der Waals surface area contributed by atoms with Crippen LogP contribution < -0.4 is 11.2 Å². The fraction of sp³-hybridized carbons (Fsp3) is 0.500. The first-order valence-corrected chi connectivity index (χ1v) is 8.12. The first-order chi connectivity index (χ1) is 11.2. The molecule has 0 spiro atoms. The fourth-order valence-electron chi connectivity index (χ4n) is 2.51. The minimum absolute atomic E-state index is 0. The SMILES string of the molecule is O=c1[nH]c(=O)c2ncn([C@@H]3O[C@H](CO)[C@@H](O)[C@H]3OP(=O)(O)O)c2[nH]1.[Na].[Na]. The van der Waals surface area contributed by atoms with Crippen molar-refractivity contribution in [2.24, 2.45) is 0 Å². The smallest absolute Gasteiger partial charge is 0.394 e. The van der Waals surface area contributed by atoms with E-state index in [1.165, 1.54) is 0 Å². The average Bonchev–Trinajstić information content (AvgIpc) is 3.00. The molecule has 2 radical (unpaired) electrons. The average molecular weight is 410 g/mol. The third-order valence-electron chi connectivity index (χ3n) is 3.49. The van der Waals surface area contributed by atoms with Gasteiger partial charge in [-0.15, -0.1) is 0 Å². The van der Waals surface area contributed by atoms with Crippen LogP contribution in [0.2, 0.25) is 0 Å². The Bertz CT molecular complexity index is 923. The molecule has 0 aliphatic carbocycles. The van der Waals surface area contributed by atoms with Gasteiger partial charge in [-0.05, 0) is 0 Å². The van der Waals surface area contributed by atoms with Crippen molar-refractivity contribution in [3.63, 3.8) is 0 Å². The molecule has 1 fully saturated rings. The molecular formula is C10H13N4Na2O9P. The predicted octanol–water partition coefficient (Wildman–Crippen LogP) is -3.62. The van der Waals surface area contributed by atoms with Gasteiger partial charge in [0.05, 0.1) is 12.9 Å². The van der Waals surface area contributed by atoms with Crippen molar-refractivity contribution in [3.8, 4) is 0 Å². The predicted molar refractivity (Wildman–Crippen MR) is 86.4 cm³/mol. The van der Waals surface area contributed by atoms with E-state index in [4.69, 9.17) is 14.5 Å². The monoisotopic (exact) mass is 410 g/mol. The number of aromatic nitrogens is 4. The zero-order valence-corrected chi connectivity index (χ0v) is 18.7. The minimum Gasteiger partial charge on any atom is -0.394 e. The van der Waals surface area contributed by atoms with Gasteiger partial charge in [-0.3, -0.25) is 23.9 Å². The summed E-state index contributed by atoms with van der Waals surface area (Å²) in [4.78, 5) is 49.2. The van der Waals surface area contributed by atoms with Gasteiger partial charge in [0.1, 0.15) is 24.0 Å². The number of aromatic amines is 2. The number of nitrogens with zero attached hydrogens (tertiary/aromatic N) is 2. The fourth-order valence-corrected chi connectivity index (χ4v) is 3.06. The maximum Gasteiger partial charge on any atom is 0.470 e. The van der Waals surface area contributed by atoms with Crippen molar-refractivity contribution in [3.05, 3.63) is 27.2 Å². The number of phosphoric ester groups is 1. The number of rotatable bonds is 4. The molecule has 2 aromatic heterocycles. The Morgan fingerprint density at radius 3 is 2.54 bits per heavy atom. The molecule has 3 rings (SSSR count). The van der Waals surface area contributed by atoms with Gasteiger partial charge in [-0.25, -0.2) is 14.3 Å². The van der Waals surface area contributed by atoms with Crippen LogP contribution >= 0.6 is 7.82 Å². The number of imidazole rings is 1.